The molecule has 5 nitrogen and oxygen atoms in total. The van der Waals surface area contributed by atoms with Gasteiger partial charge in [-0.25, -0.2) is 0 Å². The van der Waals surface area contributed by atoms with Gasteiger partial charge in [0.25, 0.3) is 0 Å². The monoisotopic (exact) mass is 353 g/mol. The van der Waals surface area contributed by atoms with Gasteiger partial charge in [0.15, 0.2) is 0 Å². The Balaban J connectivity index is 1.56. The maximum atomic E-state index is 12.4. The summed E-state index contributed by atoms with van der Waals surface area (Å²) in [7, 11) is 0. The lowest BCUT2D eigenvalue weighted by Crippen LogP contribution is -2.24. The first-order valence-corrected chi connectivity index (χ1v) is 8.45. The van der Waals surface area contributed by atoms with Crippen molar-refractivity contribution in [1.29, 1.82) is 0 Å². The van der Waals surface area contributed by atoms with Gasteiger partial charge in [-0.2, -0.15) is 4.98 Å². The fourth-order valence-corrected chi connectivity index (χ4v) is 3.14. The Morgan fingerprint density at radius 3 is 2.76 bits per heavy atom. The van der Waals surface area contributed by atoms with Gasteiger partial charge >= 0.3 is 0 Å². The topological polar surface area (TPSA) is 59.2 Å². The molecule has 126 valence electrons. The number of rotatable bonds is 3. The van der Waals surface area contributed by atoms with Crippen LogP contribution >= 0.6 is 11.6 Å². The van der Waals surface area contributed by atoms with Crippen LogP contribution in [-0.4, -0.2) is 22.6 Å². The Morgan fingerprint density at radius 2 is 2.00 bits per heavy atom. The van der Waals surface area contributed by atoms with E-state index in [0.717, 1.165) is 16.8 Å². The number of carbonyl (C=O) groups is 1. The van der Waals surface area contributed by atoms with Gasteiger partial charge in [-0.3, -0.25) is 4.79 Å². The van der Waals surface area contributed by atoms with Crippen molar-refractivity contribution in [2.24, 2.45) is 0 Å². The number of aromatic nitrogens is 2. The highest BCUT2D eigenvalue weighted by Crippen LogP contribution is 2.33. The zero-order valence-electron chi connectivity index (χ0n) is 13.6. The van der Waals surface area contributed by atoms with Crippen LogP contribution < -0.4 is 4.90 Å². The van der Waals surface area contributed by atoms with E-state index in [1.54, 1.807) is 4.90 Å². The van der Waals surface area contributed by atoms with E-state index in [2.05, 4.69) is 10.1 Å². The number of nitrogens with zero attached hydrogens (tertiary/aromatic N) is 3. The van der Waals surface area contributed by atoms with Crippen molar-refractivity contribution in [3.63, 3.8) is 0 Å². The average molecular weight is 354 g/mol. The standard InChI is InChI=1S/C19H16ClN3O2/c1-12-9-15(7-8-16(12)20)23-11-14(10-17(23)24)19-21-18(22-25-19)13-5-3-2-4-6-13/h2-9,14H,10-11H2,1H3. The normalized spacial score (nSPS) is 17.3. The third kappa shape index (κ3) is 3.03. The van der Waals surface area contributed by atoms with E-state index in [1.807, 2.05) is 55.5 Å². The van der Waals surface area contributed by atoms with Crippen LogP contribution in [0.25, 0.3) is 11.4 Å². The molecule has 1 aromatic heterocycles. The molecule has 0 spiro atoms. The molecule has 2 heterocycles. The maximum Gasteiger partial charge on any atom is 0.232 e. The third-order valence-corrected chi connectivity index (χ3v) is 4.83. The Morgan fingerprint density at radius 1 is 1.20 bits per heavy atom. The van der Waals surface area contributed by atoms with Gasteiger partial charge in [-0.05, 0) is 30.7 Å². The van der Waals surface area contributed by atoms with E-state index in [0.29, 0.717) is 29.7 Å². The summed E-state index contributed by atoms with van der Waals surface area (Å²) in [6, 6.07) is 15.2. The maximum absolute atomic E-state index is 12.4. The zero-order valence-corrected chi connectivity index (χ0v) is 14.4. The minimum Gasteiger partial charge on any atom is -0.339 e. The number of benzene rings is 2. The first-order chi connectivity index (χ1) is 12.1. The molecule has 0 radical (unpaired) electrons. The Kier molecular flexibility index (Phi) is 4.01. The van der Waals surface area contributed by atoms with Gasteiger partial charge in [0, 0.05) is 29.2 Å². The molecule has 0 saturated carbocycles. The van der Waals surface area contributed by atoms with E-state index in [1.165, 1.54) is 0 Å². The van der Waals surface area contributed by atoms with Crippen LogP contribution in [0, 0.1) is 6.92 Å². The molecular weight excluding hydrogens is 338 g/mol. The van der Waals surface area contributed by atoms with Crippen LogP contribution in [0.4, 0.5) is 5.69 Å². The molecule has 2 aromatic carbocycles. The number of hydrogen-bond acceptors (Lipinski definition) is 4. The second-order valence-corrected chi connectivity index (χ2v) is 6.57. The van der Waals surface area contributed by atoms with Gasteiger partial charge in [0.2, 0.25) is 17.6 Å². The molecule has 0 N–H and O–H groups in total. The van der Waals surface area contributed by atoms with Crippen LogP contribution in [0.2, 0.25) is 5.02 Å². The van der Waals surface area contributed by atoms with Crippen molar-refractivity contribution in [3.05, 3.63) is 65.0 Å². The Labute approximate surface area is 150 Å². The minimum atomic E-state index is -0.103. The number of anilines is 1. The molecule has 1 aliphatic heterocycles. The molecule has 0 aliphatic carbocycles. The van der Waals surface area contributed by atoms with Gasteiger partial charge in [-0.15, -0.1) is 0 Å². The quantitative estimate of drug-likeness (QED) is 0.707. The Hall–Kier alpha value is -2.66. The number of hydrogen-bond donors (Lipinski definition) is 0. The summed E-state index contributed by atoms with van der Waals surface area (Å²) in [5, 5.41) is 4.74. The SMILES string of the molecule is Cc1cc(N2CC(c3nc(-c4ccccc4)no3)CC2=O)ccc1Cl. The minimum absolute atomic E-state index is 0.0474. The molecule has 1 fully saturated rings. The number of amides is 1. The summed E-state index contributed by atoms with van der Waals surface area (Å²) in [6.45, 7) is 2.45. The highest BCUT2D eigenvalue weighted by molar-refractivity contribution is 6.31. The number of carbonyl (C=O) groups excluding carboxylic acids is 1. The summed E-state index contributed by atoms with van der Waals surface area (Å²) in [6.07, 6.45) is 0.359. The molecule has 0 bridgehead atoms. The second-order valence-electron chi connectivity index (χ2n) is 6.16. The molecule has 25 heavy (non-hydrogen) atoms. The van der Waals surface area contributed by atoms with Crippen molar-refractivity contribution < 1.29 is 9.32 Å². The summed E-state index contributed by atoms with van der Waals surface area (Å²) < 4.78 is 5.42. The molecular formula is C19H16ClN3O2. The van der Waals surface area contributed by atoms with E-state index >= 15 is 0 Å². The smallest absolute Gasteiger partial charge is 0.232 e. The van der Waals surface area contributed by atoms with Gasteiger partial charge in [-0.1, -0.05) is 47.1 Å². The summed E-state index contributed by atoms with van der Waals surface area (Å²) in [5.41, 5.74) is 2.68. The van der Waals surface area contributed by atoms with Crippen LogP contribution in [0.3, 0.4) is 0 Å². The summed E-state index contributed by atoms with van der Waals surface area (Å²) >= 11 is 6.07. The van der Waals surface area contributed by atoms with Crippen molar-refractivity contribution in [2.45, 2.75) is 19.3 Å². The van der Waals surface area contributed by atoms with Crippen molar-refractivity contribution in [3.8, 4) is 11.4 Å². The van der Waals surface area contributed by atoms with E-state index in [4.69, 9.17) is 16.1 Å². The van der Waals surface area contributed by atoms with Crippen LogP contribution in [-0.2, 0) is 4.79 Å². The predicted molar refractivity (Wildman–Crippen MR) is 95.6 cm³/mol. The summed E-state index contributed by atoms with van der Waals surface area (Å²) in [4.78, 5) is 18.7. The molecule has 3 aromatic rings. The fraction of sp³-hybridized carbons (Fsp3) is 0.211. The molecule has 1 amide bonds. The highest BCUT2D eigenvalue weighted by atomic mass is 35.5. The molecule has 1 unspecified atom stereocenters. The average Bonchev–Trinajstić information content (AvgIpc) is 3.25. The van der Waals surface area contributed by atoms with Crippen LogP contribution in [0.1, 0.15) is 23.8 Å². The van der Waals surface area contributed by atoms with Gasteiger partial charge in [0.1, 0.15) is 0 Å². The lowest BCUT2D eigenvalue weighted by atomic mass is 10.1. The highest BCUT2D eigenvalue weighted by Gasteiger charge is 2.35. The molecule has 1 atom stereocenters. The van der Waals surface area contributed by atoms with Gasteiger partial charge < -0.3 is 9.42 Å². The largest absolute Gasteiger partial charge is 0.339 e. The van der Waals surface area contributed by atoms with Crippen LogP contribution in [0.15, 0.2) is 53.1 Å². The first kappa shape index (κ1) is 15.8. The Bertz CT molecular complexity index is 923. The molecule has 1 saturated heterocycles. The van der Waals surface area contributed by atoms with Crippen molar-refractivity contribution >= 4 is 23.2 Å². The van der Waals surface area contributed by atoms with Crippen LogP contribution in [0.5, 0.6) is 0 Å². The summed E-state index contributed by atoms with van der Waals surface area (Å²) in [5.74, 6) is 0.990. The lowest BCUT2D eigenvalue weighted by Gasteiger charge is -2.17. The number of halogens is 1. The molecule has 4 rings (SSSR count). The first-order valence-electron chi connectivity index (χ1n) is 8.07. The fourth-order valence-electron chi connectivity index (χ4n) is 3.02. The third-order valence-electron chi connectivity index (χ3n) is 4.40. The van der Waals surface area contributed by atoms with Crippen molar-refractivity contribution in [1.82, 2.24) is 10.1 Å². The molecule has 1 aliphatic rings. The number of aryl methyl sites for hydroxylation is 1. The van der Waals surface area contributed by atoms with E-state index in [9.17, 15) is 4.79 Å². The lowest BCUT2D eigenvalue weighted by molar-refractivity contribution is -0.117. The van der Waals surface area contributed by atoms with E-state index < -0.39 is 0 Å². The predicted octanol–water partition coefficient (Wildman–Crippen LogP) is 4.22. The van der Waals surface area contributed by atoms with E-state index in [-0.39, 0.29) is 11.8 Å². The van der Waals surface area contributed by atoms with Crippen molar-refractivity contribution in [2.75, 3.05) is 11.4 Å². The zero-order chi connectivity index (χ0) is 17.4. The van der Waals surface area contributed by atoms with Gasteiger partial charge in [0.05, 0.1) is 5.92 Å². The second kappa shape index (κ2) is 6.33. The molecule has 6 heteroatoms.